The lowest BCUT2D eigenvalue weighted by molar-refractivity contribution is 0.371. The van der Waals surface area contributed by atoms with E-state index in [-0.39, 0.29) is 12.4 Å². The van der Waals surface area contributed by atoms with Crippen molar-refractivity contribution in [2.75, 3.05) is 6.54 Å². The Bertz CT molecular complexity index is 419. The predicted octanol–water partition coefficient (Wildman–Crippen LogP) is 3.79. The second-order valence-electron chi connectivity index (χ2n) is 5.08. The van der Waals surface area contributed by atoms with Crippen molar-refractivity contribution in [2.45, 2.75) is 44.6 Å². The molecule has 1 aromatic carbocycles. The van der Waals surface area contributed by atoms with Gasteiger partial charge in [-0.2, -0.15) is 0 Å². The summed E-state index contributed by atoms with van der Waals surface area (Å²) in [5.74, 6) is 0.807. The Kier molecular flexibility index (Phi) is 6.40. The quantitative estimate of drug-likeness (QED) is 0.805. The first-order valence-corrected chi connectivity index (χ1v) is 6.93. The van der Waals surface area contributed by atoms with Crippen molar-refractivity contribution in [2.24, 2.45) is 0 Å². The third kappa shape index (κ3) is 3.52. The minimum absolute atomic E-state index is 0. The van der Waals surface area contributed by atoms with Gasteiger partial charge in [0.25, 0.3) is 0 Å². The van der Waals surface area contributed by atoms with Crippen LogP contribution < -0.4 is 5.32 Å². The normalized spacial score (nSPS) is 21.3. The van der Waals surface area contributed by atoms with Crippen molar-refractivity contribution in [3.05, 3.63) is 42.0 Å². The molecule has 0 bridgehead atoms. The number of hydrogen-bond acceptors (Lipinski definition) is 2. The monoisotopic (exact) mass is 281 g/mol. The first-order chi connectivity index (χ1) is 8.77. The molecule has 2 nitrogen and oxygen atoms in total. The number of hydrogen-bond donors (Lipinski definition) is 2. The zero-order valence-electron chi connectivity index (χ0n) is 11.6. The van der Waals surface area contributed by atoms with Gasteiger partial charge in [0.2, 0.25) is 0 Å². The average Bonchev–Trinajstić information content (AvgIpc) is 2.38. The Morgan fingerprint density at radius 2 is 2.26 bits per heavy atom. The predicted molar refractivity (Wildman–Crippen MR) is 83.3 cm³/mol. The van der Waals surface area contributed by atoms with E-state index in [0.717, 1.165) is 37.8 Å². The third-order valence-corrected chi connectivity index (χ3v) is 3.83. The fourth-order valence-corrected chi connectivity index (χ4v) is 2.99. The van der Waals surface area contributed by atoms with E-state index in [1.807, 2.05) is 12.1 Å². The van der Waals surface area contributed by atoms with E-state index in [9.17, 15) is 5.11 Å². The highest BCUT2D eigenvalue weighted by Crippen LogP contribution is 2.39. The molecule has 0 saturated carbocycles. The van der Waals surface area contributed by atoms with Crippen LogP contribution in [0.4, 0.5) is 0 Å². The van der Waals surface area contributed by atoms with Crippen LogP contribution in [0.3, 0.4) is 0 Å². The highest BCUT2D eigenvalue weighted by Gasteiger charge is 2.30. The summed E-state index contributed by atoms with van der Waals surface area (Å²) in [6.45, 7) is 7.09. The van der Waals surface area contributed by atoms with Gasteiger partial charge < -0.3 is 10.4 Å². The molecule has 0 aliphatic heterocycles. The number of aryl methyl sites for hydroxylation is 1. The van der Waals surface area contributed by atoms with E-state index in [4.69, 9.17) is 0 Å². The lowest BCUT2D eigenvalue weighted by Crippen LogP contribution is -2.38. The van der Waals surface area contributed by atoms with Gasteiger partial charge in [-0.25, -0.2) is 0 Å². The van der Waals surface area contributed by atoms with Crippen molar-refractivity contribution < 1.29 is 5.11 Å². The fraction of sp³-hybridized carbons (Fsp3) is 0.500. The molecular weight excluding hydrogens is 258 g/mol. The molecule has 106 valence electrons. The summed E-state index contributed by atoms with van der Waals surface area (Å²) >= 11 is 0. The topological polar surface area (TPSA) is 32.3 Å². The molecule has 3 heteroatoms. The molecule has 0 spiro atoms. The van der Waals surface area contributed by atoms with Gasteiger partial charge >= 0.3 is 0 Å². The number of benzene rings is 1. The molecule has 19 heavy (non-hydrogen) atoms. The molecule has 0 fully saturated rings. The summed E-state index contributed by atoms with van der Waals surface area (Å²) in [4.78, 5) is 0. The Balaban J connectivity index is 0.00000180. The molecule has 1 aliphatic rings. The molecule has 0 radical (unpaired) electrons. The Morgan fingerprint density at radius 1 is 1.47 bits per heavy atom. The van der Waals surface area contributed by atoms with Crippen LogP contribution in [0.5, 0.6) is 5.75 Å². The van der Waals surface area contributed by atoms with E-state index < -0.39 is 0 Å². The number of phenolic OH excluding ortho intramolecular Hbond substituents is 1. The van der Waals surface area contributed by atoms with Gasteiger partial charge in [-0.1, -0.05) is 25.1 Å². The lowest BCUT2D eigenvalue weighted by Gasteiger charge is -2.34. The molecule has 2 rings (SSSR count). The van der Waals surface area contributed by atoms with E-state index >= 15 is 0 Å². The lowest BCUT2D eigenvalue weighted by atomic mass is 9.77. The summed E-state index contributed by atoms with van der Waals surface area (Å²) < 4.78 is 0. The van der Waals surface area contributed by atoms with E-state index in [0.29, 0.717) is 17.7 Å². The van der Waals surface area contributed by atoms with Crippen LogP contribution in [0.15, 0.2) is 30.9 Å². The number of nitrogens with one attached hydrogen (secondary N) is 1. The molecule has 1 aliphatic carbocycles. The average molecular weight is 282 g/mol. The Hall–Kier alpha value is -0.990. The van der Waals surface area contributed by atoms with Crippen molar-refractivity contribution in [1.29, 1.82) is 0 Å². The van der Waals surface area contributed by atoms with Crippen molar-refractivity contribution in [3.63, 3.8) is 0 Å². The van der Waals surface area contributed by atoms with Gasteiger partial charge in [0.05, 0.1) is 0 Å². The minimum atomic E-state index is 0. The number of halogens is 1. The summed E-state index contributed by atoms with van der Waals surface area (Å²) in [5.41, 5.74) is 2.44. The van der Waals surface area contributed by atoms with Crippen LogP contribution in [-0.4, -0.2) is 17.7 Å². The fourth-order valence-electron chi connectivity index (χ4n) is 2.99. The number of rotatable bonds is 5. The van der Waals surface area contributed by atoms with E-state index in [2.05, 4.69) is 24.9 Å². The summed E-state index contributed by atoms with van der Waals surface area (Å²) in [6.07, 6.45) is 6.23. The molecule has 0 aromatic heterocycles. The number of allylic oxidation sites excluding steroid dienone is 1. The van der Waals surface area contributed by atoms with Gasteiger partial charge in [0, 0.05) is 17.5 Å². The second kappa shape index (κ2) is 7.56. The smallest absolute Gasteiger partial charge is 0.119 e. The number of fused-ring (bicyclic) bond motifs is 1. The Labute approximate surface area is 122 Å². The van der Waals surface area contributed by atoms with Gasteiger partial charge in [-0.3, -0.25) is 0 Å². The maximum atomic E-state index is 10.1. The Morgan fingerprint density at radius 3 is 2.95 bits per heavy atom. The largest absolute Gasteiger partial charge is 0.508 e. The molecular formula is C16H24ClNO. The maximum absolute atomic E-state index is 10.1. The number of aromatic hydroxyl groups is 1. The zero-order chi connectivity index (χ0) is 13.0. The van der Waals surface area contributed by atoms with Crippen LogP contribution in [-0.2, 0) is 6.42 Å². The highest BCUT2D eigenvalue weighted by atomic mass is 35.5. The summed E-state index contributed by atoms with van der Waals surface area (Å²) in [7, 11) is 0. The molecule has 2 N–H and O–H groups in total. The molecule has 2 atom stereocenters. The first-order valence-electron chi connectivity index (χ1n) is 6.93. The van der Waals surface area contributed by atoms with E-state index in [1.165, 1.54) is 5.56 Å². The van der Waals surface area contributed by atoms with Crippen LogP contribution in [0.25, 0.3) is 0 Å². The summed E-state index contributed by atoms with van der Waals surface area (Å²) in [5, 5.41) is 13.7. The standard InChI is InChI=1S/C16H23NO.ClH/c1-3-6-13-14(17-11-4-2)10-9-12-7-5-8-15(18)16(12)13;/h3,5,7-8,13-14,17-18H,1,4,6,9-11H2,2H3;1H/t13-,14-;/m0./s1. The van der Waals surface area contributed by atoms with Crippen molar-refractivity contribution >= 4 is 12.4 Å². The second-order valence-corrected chi connectivity index (χ2v) is 5.08. The van der Waals surface area contributed by atoms with Crippen LogP contribution in [0.2, 0.25) is 0 Å². The van der Waals surface area contributed by atoms with E-state index in [1.54, 1.807) is 6.07 Å². The van der Waals surface area contributed by atoms with Crippen molar-refractivity contribution in [1.82, 2.24) is 5.32 Å². The van der Waals surface area contributed by atoms with Gasteiger partial charge in [-0.05, 0) is 43.9 Å². The third-order valence-electron chi connectivity index (χ3n) is 3.83. The maximum Gasteiger partial charge on any atom is 0.119 e. The molecule has 0 amide bonds. The highest BCUT2D eigenvalue weighted by molar-refractivity contribution is 5.85. The van der Waals surface area contributed by atoms with Crippen molar-refractivity contribution in [3.8, 4) is 5.75 Å². The molecule has 0 heterocycles. The van der Waals surface area contributed by atoms with Crippen LogP contribution in [0.1, 0.15) is 43.2 Å². The van der Waals surface area contributed by atoms with Gasteiger partial charge in [-0.15, -0.1) is 19.0 Å². The number of phenols is 1. The SMILES string of the molecule is C=CC[C@@H]1c2c(O)cccc2CC[C@@H]1NCCC.Cl. The molecule has 1 aromatic rings. The zero-order valence-corrected chi connectivity index (χ0v) is 12.4. The van der Waals surface area contributed by atoms with Crippen LogP contribution in [0, 0.1) is 0 Å². The van der Waals surface area contributed by atoms with Crippen LogP contribution >= 0.6 is 12.4 Å². The van der Waals surface area contributed by atoms with Gasteiger partial charge in [0.15, 0.2) is 0 Å². The minimum Gasteiger partial charge on any atom is -0.508 e. The molecule has 0 saturated heterocycles. The summed E-state index contributed by atoms with van der Waals surface area (Å²) in [6, 6.07) is 6.35. The first kappa shape index (κ1) is 16.1. The molecule has 0 unspecified atom stereocenters. The van der Waals surface area contributed by atoms with Gasteiger partial charge in [0.1, 0.15) is 5.75 Å².